The molecule has 33 heavy (non-hydrogen) atoms. The van der Waals surface area contributed by atoms with Crippen LogP contribution in [0.5, 0.6) is 0 Å². The Labute approximate surface area is 201 Å². The first-order valence-corrected chi connectivity index (χ1v) is 11.8. The van der Waals surface area contributed by atoms with E-state index in [0.29, 0.717) is 16.8 Å². The highest BCUT2D eigenvalue weighted by Gasteiger charge is 2.17. The number of piperidine rings is 1. The van der Waals surface area contributed by atoms with Gasteiger partial charge in [0.15, 0.2) is 0 Å². The fraction of sp³-hybridized carbons (Fsp3) is 0.273. The Bertz CT molecular complexity index is 1150. The first kappa shape index (κ1) is 22.9. The van der Waals surface area contributed by atoms with Crippen molar-refractivity contribution < 1.29 is 4.92 Å². The maximum Gasteiger partial charge on any atom is 0.271 e. The highest BCUT2D eigenvalue weighted by molar-refractivity contribution is 8.22. The summed E-state index contributed by atoms with van der Waals surface area (Å²) in [6, 6.07) is 14.1. The Hall–Kier alpha value is -3.31. The van der Waals surface area contributed by atoms with Crippen molar-refractivity contribution in [3.63, 3.8) is 0 Å². The third-order valence-electron chi connectivity index (χ3n) is 5.03. The summed E-state index contributed by atoms with van der Waals surface area (Å²) in [6.45, 7) is 3.89. The number of likely N-dealkylation sites (tertiary alicyclic amines) is 1. The van der Waals surface area contributed by atoms with Crippen molar-refractivity contribution in [2.24, 2.45) is 0 Å². The highest BCUT2D eigenvalue weighted by Crippen LogP contribution is 2.26. The Morgan fingerprint density at radius 3 is 2.33 bits per heavy atom. The van der Waals surface area contributed by atoms with Crippen LogP contribution in [0.3, 0.4) is 0 Å². The Balaban J connectivity index is 1.60. The summed E-state index contributed by atoms with van der Waals surface area (Å²) in [5, 5.41) is 17.8. The number of nitro groups is 1. The quantitative estimate of drug-likeness (QED) is 0.204. The molecule has 0 saturated carbocycles. The second-order valence-corrected chi connectivity index (χ2v) is 9.21. The van der Waals surface area contributed by atoms with E-state index in [1.54, 1.807) is 12.1 Å². The van der Waals surface area contributed by atoms with E-state index in [-0.39, 0.29) is 11.6 Å². The average molecular weight is 482 g/mol. The van der Waals surface area contributed by atoms with Crippen LogP contribution in [-0.4, -0.2) is 42.2 Å². The molecule has 11 heteroatoms. The van der Waals surface area contributed by atoms with Crippen LogP contribution in [0.4, 0.5) is 29.0 Å². The zero-order valence-electron chi connectivity index (χ0n) is 18.0. The van der Waals surface area contributed by atoms with Crippen LogP contribution < -0.4 is 10.6 Å². The lowest BCUT2D eigenvalue weighted by Crippen LogP contribution is -2.32. The lowest BCUT2D eigenvalue weighted by Gasteiger charge is -2.28. The van der Waals surface area contributed by atoms with E-state index in [9.17, 15) is 10.1 Å². The van der Waals surface area contributed by atoms with Gasteiger partial charge in [-0.15, -0.1) is 0 Å². The molecular weight excluding hydrogens is 458 g/mol. The molecule has 1 fully saturated rings. The largest absolute Gasteiger partial charge is 0.357 e. The minimum absolute atomic E-state index is 0.0204. The molecule has 3 aromatic rings. The van der Waals surface area contributed by atoms with Crippen LogP contribution in [0, 0.1) is 17.0 Å². The third kappa shape index (κ3) is 6.36. The Morgan fingerprint density at radius 2 is 1.67 bits per heavy atom. The van der Waals surface area contributed by atoms with Gasteiger partial charge in [0.1, 0.15) is 4.32 Å². The van der Waals surface area contributed by atoms with E-state index in [1.807, 2.05) is 31.2 Å². The van der Waals surface area contributed by atoms with Crippen LogP contribution in [0.25, 0.3) is 0 Å². The number of aromatic nitrogens is 3. The number of anilines is 4. The first-order valence-electron chi connectivity index (χ1n) is 10.5. The fourth-order valence-electron chi connectivity index (χ4n) is 3.33. The molecule has 0 spiro atoms. The topological polar surface area (TPSA) is 109 Å². The monoisotopic (exact) mass is 481 g/mol. The summed E-state index contributed by atoms with van der Waals surface area (Å²) < 4.78 is 0.725. The van der Waals surface area contributed by atoms with E-state index in [1.165, 1.54) is 30.3 Å². The number of non-ortho nitro benzene ring substituents is 1. The van der Waals surface area contributed by atoms with E-state index in [0.717, 1.165) is 41.5 Å². The van der Waals surface area contributed by atoms with Crippen molar-refractivity contribution >= 4 is 57.3 Å². The molecule has 2 aromatic carbocycles. The number of nitro benzene ring substituents is 1. The summed E-state index contributed by atoms with van der Waals surface area (Å²) in [5.74, 6) is 0.620. The maximum atomic E-state index is 11.1. The predicted octanol–water partition coefficient (Wildman–Crippen LogP) is 5.44. The third-order valence-corrected chi connectivity index (χ3v) is 6.33. The minimum Gasteiger partial charge on any atom is -0.357 e. The second-order valence-electron chi connectivity index (χ2n) is 7.60. The maximum absolute atomic E-state index is 11.1. The SMILES string of the molecule is Cc1ccc(Nc2nc(Nc3cccc([N+](=O)[O-])c3)nc(SC(=S)N3CCCCC3)n2)cc1. The van der Waals surface area contributed by atoms with Crippen molar-refractivity contribution in [2.45, 2.75) is 31.3 Å². The molecule has 0 atom stereocenters. The molecule has 1 aromatic heterocycles. The van der Waals surface area contributed by atoms with Gasteiger partial charge in [0.05, 0.1) is 4.92 Å². The van der Waals surface area contributed by atoms with Gasteiger partial charge in [-0.1, -0.05) is 36.0 Å². The minimum atomic E-state index is -0.443. The molecule has 170 valence electrons. The molecule has 0 radical (unpaired) electrons. The van der Waals surface area contributed by atoms with Crippen molar-refractivity contribution in [3.05, 3.63) is 64.2 Å². The number of nitrogens with one attached hydrogen (secondary N) is 2. The number of benzene rings is 2. The summed E-state index contributed by atoms with van der Waals surface area (Å²) in [5.41, 5.74) is 2.47. The van der Waals surface area contributed by atoms with Gasteiger partial charge in [-0.05, 0) is 56.1 Å². The van der Waals surface area contributed by atoms with Gasteiger partial charge in [-0.3, -0.25) is 10.1 Å². The van der Waals surface area contributed by atoms with Gasteiger partial charge < -0.3 is 15.5 Å². The molecule has 4 rings (SSSR count). The molecule has 0 bridgehead atoms. The molecule has 2 N–H and O–H groups in total. The molecule has 0 aliphatic carbocycles. The van der Waals surface area contributed by atoms with E-state index < -0.39 is 4.92 Å². The predicted molar refractivity (Wildman–Crippen MR) is 135 cm³/mol. The number of rotatable bonds is 6. The number of nitrogens with zero attached hydrogens (tertiary/aromatic N) is 5. The fourth-order valence-corrected chi connectivity index (χ4v) is 4.46. The zero-order chi connectivity index (χ0) is 23.2. The van der Waals surface area contributed by atoms with Crippen molar-refractivity contribution in [3.8, 4) is 0 Å². The lowest BCUT2D eigenvalue weighted by molar-refractivity contribution is -0.384. The van der Waals surface area contributed by atoms with Crippen molar-refractivity contribution in [1.29, 1.82) is 0 Å². The van der Waals surface area contributed by atoms with Gasteiger partial charge in [0.25, 0.3) is 5.69 Å². The Kier molecular flexibility index (Phi) is 7.30. The van der Waals surface area contributed by atoms with Gasteiger partial charge in [0.2, 0.25) is 17.1 Å². The molecule has 1 aliphatic rings. The summed E-state index contributed by atoms with van der Waals surface area (Å²) >= 11 is 6.95. The van der Waals surface area contributed by atoms with E-state index >= 15 is 0 Å². The van der Waals surface area contributed by atoms with Gasteiger partial charge in [-0.25, -0.2) is 0 Å². The summed E-state index contributed by atoms with van der Waals surface area (Å²) in [6.07, 6.45) is 3.47. The van der Waals surface area contributed by atoms with Crippen LogP contribution in [0.15, 0.2) is 53.7 Å². The van der Waals surface area contributed by atoms with Crippen LogP contribution >= 0.6 is 24.0 Å². The Morgan fingerprint density at radius 1 is 1.00 bits per heavy atom. The van der Waals surface area contributed by atoms with E-state index in [2.05, 4.69) is 30.5 Å². The number of hydrogen-bond donors (Lipinski definition) is 2. The number of thioether (sulfide) groups is 1. The standard InChI is InChI=1S/C22H23N7O2S2/c1-15-8-10-16(11-9-15)23-19-25-20(24-17-6-5-7-18(14-17)29(30)31)27-21(26-19)33-22(32)28-12-3-2-4-13-28/h5-11,14H,2-4,12-13H2,1H3,(H2,23,24,25,26,27). The van der Waals surface area contributed by atoms with Gasteiger partial charge >= 0.3 is 0 Å². The van der Waals surface area contributed by atoms with Crippen LogP contribution in [-0.2, 0) is 0 Å². The zero-order valence-corrected chi connectivity index (χ0v) is 19.7. The molecule has 0 amide bonds. The number of thiocarbonyl (C=S) groups is 1. The lowest BCUT2D eigenvalue weighted by atomic mass is 10.1. The number of aryl methyl sites for hydroxylation is 1. The average Bonchev–Trinajstić information content (AvgIpc) is 2.81. The summed E-state index contributed by atoms with van der Waals surface area (Å²) in [7, 11) is 0. The highest BCUT2D eigenvalue weighted by atomic mass is 32.2. The molecule has 2 heterocycles. The number of hydrogen-bond acceptors (Lipinski definition) is 9. The van der Waals surface area contributed by atoms with Crippen LogP contribution in [0.1, 0.15) is 24.8 Å². The van der Waals surface area contributed by atoms with Crippen molar-refractivity contribution in [1.82, 2.24) is 19.9 Å². The normalized spacial score (nSPS) is 13.4. The molecule has 1 saturated heterocycles. The first-order chi connectivity index (χ1) is 16.0. The molecular formula is C22H23N7O2S2. The summed E-state index contributed by atoms with van der Waals surface area (Å²) in [4.78, 5) is 26.3. The molecule has 9 nitrogen and oxygen atoms in total. The molecule has 1 aliphatic heterocycles. The van der Waals surface area contributed by atoms with E-state index in [4.69, 9.17) is 12.2 Å². The second kappa shape index (κ2) is 10.5. The van der Waals surface area contributed by atoms with Crippen molar-refractivity contribution in [2.75, 3.05) is 23.7 Å². The van der Waals surface area contributed by atoms with Gasteiger partial charge in [-0.2, -0.15) is 15.0 Å². The van der Waals surface area contributed by atoms with Gasteiger partial charge in [0, 0.05) is 36.6 Å². The molecule has 0 unspecified atom stereocenters. The smallest absolute Gasteiger partial charge is 0.271 e. The van der Waals surface area contributed by atoms with Crippen LogP contribution in [0.2, 0.25) is 0 Å².